The van der Waals surface area contributed by atoms with Crippen LogP contribution in [-0.2, 0) is 15.0 Å². The van der Waals surface area contributed by atoms with Crippen LogP contribution in [0.25, 0.3) is 0 Å². The van der Waals surface area contributed by atoms with Crippen LogP contribution in [0.1, 0.15) is 30.9 Å². The van der Waals surface area contributed by atoms with Gasteiger partial charge in [0.15, 0.2) is 0 Å². The molecule has 28 heavy (non-hydrogen) atoms. The van der Waals surface area contributed by atoms with Gasteiger partial charge in [-0.05, 0) is 25.0 Å². The second kappa shape index (κ2) is 8.48. The molecule has 2 aromatic rings. The van der Waals surface area contributed by atoms with E-state index >= 15 is 0 Å². The quantitative estimate of drug-likeness (QED) is 0.660. The number of hydrogen-bond donors (Lipinski definition) is 0. The van der Waals surface area contributed by atoms with Gasteiger partial charge in [-0.1, -0.05) is 76.6 Å². The highest BCUT2D eigenvalue weighted by molar-refractivity contribution is 9.09. The van der Waals surface area contributed by atoms with Gasteiger partial charge < -0.3 is 9.80 Å². The predicted octanol–water partition coefficient (Wildman–Crippen LogP) is 3.81. The first-order chi connectivity index (χ1) is 13.4. The smallest absolute Gasteiger partial charge is 0.233 e. The van der Waals surface area contributed by atoms with Crippen molar-refractivity contribution in [3.63, 3.8) is 0 Å². The maximum Gasteiger partial charge on any atom is 0.233 e. The average molecular weight is 443 g/mol. The molecule has 1 saturated heterocycles. The first-order valence-electron chi connectivity index (χ1n) is 9.57. The van der Waals surface area contributed by atoms with Crippen molar-refractivity contribution in [2.24, 2.45) is 0 Å². The molecule has 4 nitrogen and oxygen atoms in total. The summed E-state index contributed by atoms with van der Waals surface area (Å²) in [5.41, 5.74) is 1.52. The monoisotopic (exact) mass is 442 g/mol. The first kappa shape index (κ1) is 20.6. The van der Waals surface area contributed by atoms with Gasteiger partial charge in [0.05, 0.1) is 16.8 Å². The summed E-state index contributed by atoms with van der Waals surface area (Å²) in [6, 6.07) is 20.0. The molecule has 0 spiro atoms. The van der Waals surface area contributed by atoms with E-state index < -0.39 is 5.41 Å². The number of likely N-dealkylation sites (tertiary alicyclic amines) is 1. The molecule has 0 radical (unpaired) electrons. The lowest BCUT2D eigenvalue weighted by molar-refractivity contribution is -0.137. The highest BCUT2D eigenvalue weighted by atomic mass is 79.9. The maximum atomic E-state index is 13.5. The van der Waals surface area contributed by atoms with Gasteiger partial charge in [-0.2, -0.15) is 0 Å². The van der Waals surface area contributed by atoms with Crippen LogP contribution < -0.4 is 0 Å². The van der Waals surface area contributed by atoms with Crippen LogP contribution in [0.2, 0.25) is 0 Å². The second-order valence-electron chi connectivity index (χ2n) is 7.92. The SMILES string of the molecule is CN(C(=O)C(C)(C)c1ccccc1)[C@@H]1CN(C(=O)CBr)C[C@H]1c1ccccc1. The average Bonchev–Trinajstić information content (AvgIpc) is 3.18. The highest BCUT2D eigenvalue weighted by Crippen LogP contribution is 2.34. The molecule has 1 heterocycles. The summed E-state index contributed by atoms with van der Waals surface area (Å²) >= 11 is 3.28. The topological polar surface area (TPSA) is 40.6 Å². The van der Waals surface area contributed by atoms with Crippen molar-refractivity contribution in [3.8, 4) is 0 Å². The molecule has 148 valence electrons. The Morgan fingerprint density at radius 2 is 1.61 bits per heavy atom. The van der Waals surface area contributed by atoms with Crippen molar-refractivity contribution < 1.29 is 9.59 Å². The number of rotatable bonds is 5. The largest absolute Gasteiger partial charge is 0.340 e. The number of likely N-dealkylation sites (N-methyl/N-ethyl adjacent to an activating group) is 1. The van der Waals surface area contributed by atoms with Crippen LogP contribution in [0.4, 0.5) is 0 Å². The van der Waals surface area contributed by atoms with Crippen molar-refractivity contribution in [2.75, 3.05) is 25.5 Å². The van der Waals surface area contributed by atoms with Gasteiger partial charge in [0.25, 0.3) is 0 Å². The standard InChI is InChI=1S/C23H27BrN2O2/c1-23(2,18-12-8-5-9-13-18)22(28)25(3)20-16-26(21(27)14-24)15-19(20)17-10-6-4-7-11-17/h4-13,19-20H,14-16H2,1-3H3/t19-,20+/m0/s1. The number of benzene rings is 2. The molecule has 1 fully saturated rings. The van der Waals surface area contributed by atoms with Crippen LogP contribution in [0.3, 0.4) is 0 Å². The molecule has 2 aromatic carbocycles. The Kier molecular flexibility index (Phi) is 6.23. The summed E-state index contributed by atoms with van der Waals surface area (Å²) in [7, 11) is 1.87. The molecule has 5 heteroatoms. The minimum absolute atomic E-state index is 0.0547. The fourth-order valence-corrected chi connectivity index (χ4v) is 4.42. The molecular weight excluding hydrogens is 416 g/mol. The van der Waals surface area contributed by atoms with Crippen LogP contribution in [0.15, 0.2) is 60.7 Å². The van der Waals surface area contributed by atoms with Crippen molar-refractivity contribution in [1.29, 1.82) is 0 Å². The van der Waals surface area contributed by atoms with Gasteiger partial charge in [0.1, 0.15) is 0 Å². The molecule has 1 aliphatic rings. The van der Waals surface area contributed by atoms with E-state index in [-0.39, 0.29) is 23.8 Å². The van der Waals surface area contributed by atoms with E-state index in [1.165, 1.54) is 0 Å². The van der Waals surface area contributed by atoms with Crippen LogP contribution in [0.5, 0.6) is 0 Å². The van der Waals surface area contributed by atoms with E-state index in [0.29, 0.717) is 18.4 Å². The fourth-order valence-electron chi connectivity index (χ4n) is 4.06. The third-order valence-electron chi connectivity index (χ3n) is 5.83. The fraction of sp³-hybridized carbons (Fsp3) is 0.391. The predicted molar refractivity (Wildman–Crippen MR) is 116 cm³/mol. The van der Waals surface area contributed by atoms with Crippen LogP contribution >= 0.6 is 15.9 Å². The van der Waals surface area contributed by atoms with E-state index in [2.05, 4.69) is 28.1 Å². The molecule has 0 saturated carbocycles. The van der Waals surface area contributed by atoms with E-state index in [0.717, 1.165) is 11.1 Å². The van der Waals surface area contributed by atoms with Gasteiger partial charge in [-0.15, -0.1) is 0 Å². The van der Waals surface area contributed by atoms with Crippen LogP contribution in [0, 0.1) is 0 Å². The summed E-state index contributed by atoms with van der Waals surface area (Å²) in [6.45, 7) is 5.11. The molecular formula is C23H27BrN2O2. The molecule has 0 aliphatic carbocycles. The van der Waals surface area contributed by atoms with Crippen molar-refractivity contribution in [3.05, 3.63) is 71.8 Å². The molecule has 0 unspecified atom stereocenters. The van der Waals surface area contributed by atoms with Gasteiger partial charge in [0, 0.05) is 26.1 Å². The molecule has 0 bridgehead atoms. The lowest BCUT2D eigenvalue weighted by Gasteiger charge is -2.35. The van der Waals surface area contributed by atoms with Crippen LogP contribution in [-0.4, -0.2) is 53.1 Å². The summed E-state index contributed by atoms with van der Waals surface area (Å²) in [5.74, 6) is 0.231. The minimum atomic E-state index is -0.635. The van der Waals surface area contributed by atoms with Crippen molar-refractivity contribution in [2.45, 2.75) is 31.2 Å². The Hall–Kier alpha value is -2.14. The molecule has 0 aromatic heterocycles. The van der Waals surface area contributed by atoms with E-state index in [1.807, 2.05) is 79.2 Å². The number of halogens is 1. The Morgan fingerprint density at radius 1 is 1.04 bits per heavy atom. The lowest BCUT2D eigenvalue weighted by atomic mass is 9.82. The number of alkyl halides is 1. The summed E-state index contributed by atoms with van der Waals surface area (Å²) in [5, 5.41) is 0.300. The second-order valence-corrected chi connectivity index (χ2v) is 8.48. The number of carbonyl (C=O) groups is 2. The highest BCUT2D eigenvalue weighted by Gasteiger charge is 2.43. The summed E-state index contributed by atoms with van der Waals surface area (Å²) < 4.78 is 0. The number of hydrogen-bond acceptors (Lipinski definition) is 2. The third kappa shape index (κ3) is 4.00. The lowest BCUT2D eigenvalue weighted by Crippen LogP contribution is -2.49. The number of nitrogens with zero attached hydrogens (tertiary/aromatic N) is 2. The van der Waals surface area contributed by atoms with E-state index in [1.54, 1.807) is 0 Å². The number of carbonyl (C=O) groups excluding carboxylic acids is 2. The van der Waals surface area contributed by atoms with E-state index in [4.69, 9.17) is 0 Å². The van der Waals surface area contributed by atoms with E-state index in [9.17, 15) is 9.59 Å². The third-order valence-corrected chi connectivity index (χ3v) is 6.31. The Labute approximate surface area is 175 Å². The van der Waals surface area contributed by atoms with Crippen molar-refractivity contribution in [1.82, 2.24) is 9.80 Å². The summed E-state index contributed by atoms with van der Waals surface area (Å²) in [4.78, 5) is 29.5. The normalized spacial score (nSPS) is 19.5. The molecule has 2 amide bonds. The molecule has 1 aliphatic heterocycles. The zero-order valence-corrected chi connectivity index (χ0v) is 18.2. The Bertz CT molecular complexity index is 823. The Balaban J connectivity index is 1.89. The molecule has 0 N–H and O–H groups in total. The minimum Gasteiger partial charge on any atom is -0.340 e. The molecule has 2 atom stereocenters. The van der Waals surface area contributed by atoms with Gasteiger partial charge >= 0.3 is 0 Å². The summed E-state index contributed by atoms with van der Waals surface area (Å²) in [6.07, 6.45) is 0. The van der Waals surface area contributed by atoms with Gasteiger partial charge in [-0.3, -0.25) is 9.59 Å². The Morgan fingerprint density at radius 3 is 2.18 bits per heavy atom. The zero-order valence-electron chi connectivity index (χ0n) is 16.6. The zero-order chi connectivity index (χ0) is 20.3. The van der Waals surface area contributed by atoms with Gasteiger partial charge in [-0.25, -0.2) is 0 Å². The molecule has 3 rings (SSSR count). The van der Waals surface area contributed by atoms with Gasteiger partial charge in [0.2, 0.25) is 11.8 Å². The first-order valence-corrected chi connectivity index (χ1v) is 10.7. The number of amides is 2. The van der Waals surface area contributed by atoms with Crippen molar-refractivity contribution >= 4 is 27.7 Å². The maximum absolute atomic E-state index is 13.5.